The maximum atomic E-state index is 12.1. The molecule has 18 heavy (non-hydrogen) atoms. The molecule has 1 heterocycles. The Hall–Kier alpha value is -1.20. The van der Waals surface area contributed by atoms with E-state index in [1.807, 2.05) is 0 Å². The molecular formula is C13H15BrN2O2. The first kappa shape index (κ1) is 13.2. The number of amides is 1. The number of hydrogen-bond acceptors (Lipinski definition) is 3. The molecule has 1 aliphatic rings. The molecule has 1 aliphatic heterocycles. The number of halogens is 1. The Morgan fingerprint density at radius 2 is 1.83 bits per heavy atom. The molecule has 1 amide bonds. The van der Waals surface area contributed by atoms with Gasteiger partial charge in [-0.25, -0.2) is 0 Å². The van der Waals surface area contributed by atoms with Gasteiger partial charge in [0.15, 0.2) is 0 Å². The standard InChI is InChI=1S/C13H15BrN2O2/c14-11-4-2-10(3-5-11)12(17)13(18)16-8-1-6-15-7-9-16/h2-5,15H,1,6-9H2. The monoisotopic (exact) mass is 310 g/mol. The van der Waals surface area contributed by atoms with Crippen molar-refractivity contribution in [2.75, 3.05) is 26.2 Å². The largest absolute Gasteiger partial charge is 0.334 e. The molecule has 0 unspecified atom stereocenters. The molecule has 0 aromatic heterocycles. The summed E-state index contributed by atoms with van der Waals surface area (Å²) in [5.41, 5.74) is 0.445. The molecule has 5 heteroatoms. The highest BCUT2D eigenvalue weighted by molar-refractivity contribution is 9.10. The van der Waals surface area contributed by atoms with Crippen LogP contribution in [0.2, 0.25) is 0 Å². The van der Waals surface area contributed by atoms with Gasteiger partial charge < -0.3 is 10.2 Å². The van der Waals surface area contributed by atoms with Crippen LogP contribution in [0.5, 0.6) is 0 Å². The Morgan fingerprint density at radius 1 is 1.11 bits per heavy atom. The van der Waals surface area contributed by atoms with Crippen LogP contribution in [-0.2, 0) is 4.79 Å². The molecule has 4 nitrogen and oxygen atoms in total. The Labute approximate surface area is 114 Å². The molecule has 1 aromatic carbocycles. The minimum atomic E-state index is -0.426. The zero-order chi connectivity index (χ0) is 13.0. The second-order valence-corrected chi connectivity index (χ2v) is 5.15. The lowest BCUT2D eigenvalue weighted by atomic mass is 10.1. The van der Waals surface area contributed by atoms with E-state index in [1.54, 1.807) is 29.2 Å². The van der Waals surface area contributed by atoms with Crippen molar-refractivity contribution in [2.45, 2.75) is 6.42 Å². The SMILES string of the molecule is O=C(C(=O)N1CCCNCC1)c1ccc(Br)cc1. The highest BCUT2D eigenvalue weighted by Crippen LogP contribution is 2.12. The van der Waals surface area contributed by atoms with E-state index < -0.39 is 11.7 Å². The van der Waals surface area contributed by atoms with E-state index in [4.69, 9.17) is 0 Å². The summed E-state index contributed by atoms with van der Waals surface area (Å²) in [7, 11) is 0. The Balaban J connectivity index is 2.07. The summed E-state index contributed by atoms with van der Waals surface area (Å²) in [5, 5.41) is 3.21. The van der Waals surface area contributed by atoms with Crippen LogP contribution in [0, 0.1) is 0 Å². The van der Waals surface area contributed by atoms with Crippen LogP contribution in [0.3, 0.4) is 0 Å². The fraction of sp³-hybridized carbons (Fsp3) is 0.385. The third-order valence-corrected chi connectivity index (χ3v) is 3.46. The molecule has 0 bridgehead atoms. The van der Waals surface area contributed by atoms with Crippen molar-refractivity contribution < 1.29 is 9.59 Å². The van der Waals surface area contributed by atoms with Gasteiger partial charge in [0.2, 0.25) is 5.78 Å². The number of carbonyl (C=O) groups excluding carboxylic acids is 2. The van der Waals surface area contributed by atoms with Crippen molar-refractivity contribution in [1.82, 2.24) is 10.2 Å². The molecule has 0 saturated carbocycles. The van der Waals surface area contributed by atoms with Crippen molar-refractivity contribution in [3.63, 3.8) is 0 Å². The predicted molar refractivity (Wildman–Crippen MR) is 72.5 cm³/mol. The summed E-state index contributed by atoms with van der Waals surface area (Å²) in [6, 6.07) is 6.87. The zero-order valence-corrected chi connectivity index (χ0v) is 11.6. The average Bonchev–Trinajstić information content (AvgIpc) is 2.67. The Kier molecular flexibility index (Phi) is 4.49. The van der Waals surface area contributed by atoms with Crippen molar-refractivity contribution >= 4 is 27.6 Å². The van der Waals surface area contributed by atoms with E-state index in [0.717, 1.165) is 24.0 Å². The predicted octanol–water partition coefficient (Wildman–Crippen LogP) is 1.45. The van der Waals surface area contributed by atoms with Crippen LogP contribution >= 0.6 is 15.9 Å². The Morgan fingerprint density at radius 3 is 2.56 bits per heavy atom. The van der Waals surface area contributed by atoms with Gasteiger partial charge in [-0.05, 0) is 37.2 Å². The van der Waals surface area contributed by atoms with Gasteiger partial charge in [-0.2, -0.15) is 0 Å². The van der Waals surface area contributed by atoms with Crippen LogP contribution in [0.4, 0.5) is 0 Å². The van der Waals surface area contributed by atoms with Crippen molar-refractivity contribution in [3.8, 4) is 0 Å². The second kappa shape index (κ2) is 6.11. The number of Topliss-reactive ketones (excluding diaryl/α,β-unsaturated/α-hetero) is 1. The van der Waals surface area contributed by atoms with Gasteiger partial charge in [0, 0.05) is 29.7 Å². The van der Waals surface area contributed by atoms with Gasteiger partial charge in [0.05, 0.1) is 0 Å². The number of ketones is 1. The maximum Gasteiger partial charge on any atom is 0.295 e. The van der Waals surface area contributed by atoms with Crippen LogP contribution in [0.1, 0.15) is 16.8 Å². The number of nitrogens with one attached hydrogen (secondary N) is 1. The minimum absolute atomic E-state index is 0.402. The van der Waals surface area contributed by atoms with E-state index in [0.29, 0.717) is 18.7 Å². The molecule has 0 spiro atoms. The van der Waals surface area contributed by atoms with Gasteiger partial charge in [-0.15, -0.1) is 0 Å². The van der Waals surface area contributed by atoms with Crippen LogP contribution in [0.25, 0.3) is 0 Å². The first-order chi connectivity index (χ1) is 8.68. The first-order valence-electron chi connectivity index (χ1n) is 5.98. The summed E-state index contributed by atoms with van der Waals surface area (Å²) < 4.78 is 0.894. The van der Waals surface area contributed by atoms with E-state index in [9.17, 15) is 9.59 Å². The van der Waals surface area contributed by atoms with Gasteiger partial charge in [-0.1, -0.05) is 15.9 Å². The minimum Gasteiger partial charge on any atom is -0.334 e. The van der Waals surface area contributed by atoms with Gasteiger partial charge >= 0.3 is 0 Å². The summed E-state index contributed by atoms with van der Waals surface area (Å²) in [6.07, 6.45) is 0.888. The van der Waals surface area contributed by atoms with Crippen molar-refractivity contribution in [2.24, 2.45) is 0 Å². The van der Waals surface area contributed by atoms with E-state index in [1.165, 1.54) is 0 Å². The summed E-state index contributed by atoms with van der Waals surface area (Å²) in [5.74, 6) is -0.828. The quantitative estimate of drug-likeness (QED) is 0.664. The fourth-order valence-electron chi connectivity index (χ4n) is 1.92. The third kappa shape index (κ3) is 3.17. The lowest BCUT2D eigenvalue weighted by molar-refractivity contribution is -0.126. The molecule has 1 fully saturated rings. The molecular weight excluding hydrogens is 296 g/mol. The normalized spacial score (nSPS) is 16.2. The molecule has 2 rings (SSSR count). The molecule has 0 aliphatic carbocycles. The Bertz CT molecular complexity index is 437. The average molecular weight is 311 g/mol. The smallest absolute Gasteiger partial charge is 0.295 e. The van der Waals surface area contributed by atoms with E-state index in [2.05, 4.69) is 21.2 Å². The van der Waals surface area contributed by atoms with Crippen LogP contribution in [0.15, 0.2) is 28.7 Å². The highest BCUT2D eigenvalue weighted by Gasteiger charge is 2.23. The lowest BCUT2D eigenvalue weighted by Crippen LogP contribution is -2.38. The second-order valence-electron chi connectivity index (χ2n) is 4.23. The molecule has 0 atom stereocenters. The van der Waals surface area contributed by atoms with Gasteiger partial charge in [0.1, 0.15) is 0 Å². The molecule has 1 aromatic rings. The number of nitrogens with zero attached hydrogens (tertiary/aromatic N) is 1. The number of rotatable bonds is 2. The first-order valence-corrected chi connectivity index (χ1v) is 6.77. The number of carbonyl (C=O) groups is 2. The molecule has 1 saturated heterocycles. The maximum absolute atomic E-state index is 12.1. The van der Waals surface area contributed by atoms with E-state index >= 15 is 0 Å². The highest BCUT2D eigenvalue weighted by atomic mass is 79.9. The third-order valence-electron chi connectivity index (χ3n) is 2.93. The summed E-state index contributed by atoms with van der Waals surface area (Å²) in [6.45, 7) is 2.89. The molecule has 1 N–H and O–H groups in total. The van der Waals surface area contributed by atoms with Gasteiger partial charge in [-0.3, -0.25) is 9.59 Å². The number of hydrogen-bond donors (Lipinski definition) is 1. The van der Waals surface area contributed by atoms with Gasteiger partial charge in [0.25, 0.3) is 5.91 Å². The molecule has 0 radical (unpaired) electrons. The van der Waals surface area contributed by atoms with Crippen molar-refractivity contribution in [3.05, 3.63) is 34.3 Å². The lowest BCUT2D eigenvalue weighted by Gasteiger charge is -2.18. The van der Waals surface area contributed by atoms with Crippen LogP contribution in [-0.4, -0.2) is 42.8 Å². The summed E-state index contributed by atoms with van der Waals surface area (Å²) >= 11 is 3.30. The summed E-state index contributed by atoms with van der Waals surface area (Å²) in [4.78, 5) is 25.7. The molecule has 96 valence electrons. The topological polar surface area (TPSA) is 49.4 Å². The fourth-order valence-corrected chi connectivity index (χ4v) is 2.18. The number of benzene rings is 1. The van der Waals surface area contributed by atoms with E-state index in [-0.39, 0.29) is 0 Å². The van der Waals surface area contributed by atoms with Crippen LogP contribution < -0.4 is 5.32 Å². The zero-order valence-electron chi connectivity index (χ0n) is 9.99. The van der Waals surface area contributed by atoms with Crippen molar-refractivity contribution in [1.29, 1.82) is 0 Å².